The van der Waals surface area contributed by atoms with Gasteiger partial charge in [0.15, 0.2) is 0 Å². The third-order valence-corrected chi connectivity index (χ3v) is 4.37. The molecule has 3 atom stereocenters. The lowest BCUT2D eigenvalue weighted by molar-refractivity contribution is 0.222. The highest BCUT2D eigenvalue weighted by Gasteiger charge is 2.26. The third kappa shape index (κ3) is 3.95. The molecular formula is C16H26N2O. The van der Waals surface area contributed by atoms with Crippen LogP contribution in [0.15, 0.2) is 24.3 Å². The molecule has 0 heterocycles. The number of hydrogen-bond acceptors (Lipinski definition) is 3. The van der Waals surface area contributed by atoms with Crippen LogP contribution >= 0.6 is 0 Å². The van der Waals surface area contributed by atoms with Gasteiger partial charge in [-0.2, -0.15) is 0 Å². The standard InChI is InChI=1S/C16H26N2O/c1-12-4-3-5-14(10-12)16(18-17)11-13-6-8-15(19-2)9-7-13/h6-9,12,14,16,18H,3-5,10-11,17H2,1-2H3. The van der Waals surface area contributed by atoms with Crippen LogP contribution in [-0.2, 0) is 6.42 Å². The van der Waals surface area contributed by atoms with E-state index < -0.39 is 0 Å². The molecule has 1 fully saturated rings. The number of methoxy groups -OCH3 is 1. The Morgan fingerprint density at radius 1 is 1.32 bits per heavy atom. The summed E-state index contributed by atoms with van der Waals surface area (Å²) in [6.45, 7) is 2.35. The molecule has 0 aromatic heterocycles. The lowest BCUT2D eigenvalue weighted by Crippen LogP contribution is -2.43. The Morgan fingerprint density at radius 3 is 2.63 bits per heavy atom. The summed E-state index contributed by atoms with van der Waals surface area (Å²) in [5.74, 6) is 8.23. The van der Waals surface area contributed by atoms with Gasteiger partial charge in [-0.3, -0.25) is 11.3 Å². The van der Waals surface area contributed by atoms with Crippen molar-refractivity contribution in [2.75, 3.05) is 7.11 Å². The first kappa shape index (κ1) is 14.4. The van der Waals surface area contributed by atoms with Crippen LogP contribution in [0.2, 0.25) is 0 Å². The number of ether oxygens (including phenoxy) is 1. The van der Waals surface area contributed by atoms with Crippen LogP contribution in [0.4, 0.5) is 0 Å². The lowest BCUT2D eigenvalue weighted by Gasteiger charge is -2.33. The van der Waals surface area contributed by atoms with Crippen LogP contribution in [0.25, 0.3) is 0 Å². The number of hydrazine groups is 1. The van der Waals surface area contributed by atoms with Gasteiger partial charge in [-0.1, -0.05) is 31.9 Å². The van der Waals surface area contributed by atoms with Gasteiger partial charge in [0.1, 0.15) is 5.75 Å². The summed E-state index contributed by atoms with van der Waals surface area (Å²) in [7, 11) is 1.70. The number of nitrogens with one attached hydrogen (secondary N) is 1. The summed E-state index contributed by atoms with van der Waals surface area (Å²) in [6.07, 6.45) is 6.31. The normalized spacial score (nSPS) is 25.0. The van der Waals surface area contributed by atoms with Crippen molar-refractivity contribution in [3.63, 3.8) is 0 Å². The van der Waals surface area contributed by atoms with E-state index in [0.29, 0.717) is 12.0 Å². The fourth-order valence-corrected chi connectivity index (χ4v) is 3.22. The molecule has 1 aromatic carbocycles. The minimum Gasteiger partial charge on any atom is -0.497 e. The quantitative estimate of drug-likeness (QED) is 0.633. The van der Waals surface area contributed by atoms with Crippen LogP contribution in [0.3, 0.4) is 0 Å². The fourth-order valence-electron chi connectivity index (χ4n) is 3.22. The zero-order valence-corrected chi connectivity index (χ0v) is 12.1. The number of nitrogens with two attached hydrogens (primary N) is 1. The van der Waals surface area contributed by atoms with Crippen LogP contribution in [0, 0.1) is 11.8 Å². The van der Waals surface area contributed by atoms with E-state index in [9.17, 15) is 0 Å². The molecule has 1 aromatic rings. The van der Waals surface area contributed by atoms with Gasteiger partial charge in [0.25, 0.3) is 0 Å². The summed E-state index contributed by atoms with van der Waals surface area (Å²) in [5, 5.41) is 0. The van der Waals surface area contributed by atoms with E-state index >= 15 is 0 Å². The van der Waals surface area contributed by atoms with Crippen molar-refractivity contribution in [1.82, 2.24) is 5.43 Å². The van der Waals surface area contributed by atoms with E-state index in [0.717, 1.165) is 18.1 Å². The predicted octanol–water partition coefficient (Wildman–Crippen LogP) is 2.90. The molecule has 0 saturated heterocycles. The molecule has 19 heavy (non-hydrogen) atoms. The first-order valence-corrected chi connectivity index (χ1v) is 7.32. The maximum absolute atomic E-state index is 5.78. The van der Waals surface area contributed by atoms with Crippen molar-refractivity contribution in [1.29, 1.82) is 0 Å². The molecule has 106 valence electrons. The molecule has 0 radical (unpaired) electrons. The molecule has 3 N–H and O–H groups in total. The Morgan fingerprint density at radius 2 is 2.05 bits per heavy atom. The van der Waals surface area contributed by atoms with Crippen molar-refractivity contribution in [2.24, 2.45) is 17.7 Å². The Bertz CT molecular complexity index is 377. The highest BCUT2D eigenvalue weighted by molar-refractivity contribution is 5.27. The topological polar surface area (TPSA) is 47.3 Å². The first-order chi connectivity index (χ1) is 9.22. The molecule has 0 aliphatic heterocycles. The average molecular weight is 262 g/mol. The van der Waals surface area contributed by atoms with Crippen LogP contribution < -0.4 is 16.0 Å². The van der Waals surface area contributed by atoms with E-state index in [-0.39, 0.29) is 0 Å². The molecular weight excluding hydrogens is 236 g/mol. The number of benzene rings is 1. The highest BCUT2D eigenvalue weighted by Crippen LogP contribution is 2.31. The molecule has 3 heteroatoms. The predicted molar refractivity (Wildman–Crippen MR) is 78.9 cm³/mol. The van der Waals surface area contributed by atoms with Crippen molar-refractivity contribution >= 4 is 0 Å². The molecule has 1 aliphatic rings. The van der Waals surface area contributed by atoms with E-state index in [1.54, 1.807) is 7.11 Å². The van der Waals surface area contributed by atoms with Gasteiger partial charge in [-0.05, 0) is 48.8 Å². The molecule has 3 nitrogen and oxygen atoms in total. The van der Waals surface area contributed by atoms with Crippen molar-refractivity contribution in [3.8, 4) is 5.75 Å². The van der Waals surface area contributed by atoms with Gasteiger partial charge in [0.05, 0.1) is 7.11 Å². The van der Waals surface area contributed by atoms with E-state index in [1.807, 2.05) is 12.1 Å². The molecule has 1 aliphatic carbocycles. The first-order valence-electron chi connectivity index (χ1n) is 7.32. The van der Waals surface area contributed by atoms with E-state index in [2.05, 4.69) is 24.5 Å². The average Bonchev–Trinajstić information content (AvgIpc) is 2.45. The second-order valence-corrected chi connectivity index (χ2v) is 5.86. The maximum Gasteiger partial charge on any atom is 0.118 e. The molecule has 0 bridgehead atoms. The zero-order chi connectivity index (χ0) is 13.7. The Kier molecular flexibility index (Phi) is 5.23. The van der Waals surface area contributed by atoms with Gasteiger partial charge in [0, 0.05) is 6.04 Å². The summed E-state index contributed by atoms with van der Waals surface area (Å²) >= 11 is 0. The number of hydrogen-bond donors (Lipinski definition) is 2. The molecule has 0 spiro atoms. The zero-order valence-electron chi connectivity index (χ0n) is 12.1. The van der Waals surface area contributed by atoms with E-state index in [1.165, 1.54) is 31.2 Å². The monoisotopic (exact) mass is 262 g/mol. The van der Waals surface area contributed by atoms with Crippen LogP contribution in [0.1, 0.15) is 38.2 Å². The smallest absolute Gasteiger partial charge is 0.118 e. The second-order valence-electron chi connectivity index (χ2n) is 5.86. The fraction of sp³-hybridized carbons (Fsp3) is 0.625. The Hall–Kier alpha value is -1.06. The van der Waals surface area contributed by atoms with Gasteiger partial charge < -0.3 is 4.74 Å². The van der Waals surface area contributed by atoms with Crippen LogP contribution in [0.5, 0.6) is 5.75 Å². The van der Waals surface area contributed by atoms with Crippen molar-refractivity contribution < 1.29 is 4.74 Å². The lowest BCUT2D eigenvalue weighted by atomic mass is 9.77. The molecule has 2 rings (SSSR count). The largest absolute Gasteiger partial charge is 0.497 e. The van der Waals surface area contributed by atoms with Gasteiger partial charge >= 0.3 is 0 Å². The molecule has 0 amide bonds. The highest BCUT2D eigenvalue weighted by atomic mass is 16.5. The van der Waals surface area contributed by atoms with Gasteiger partial charge in [-0.15, -0.1) is 0 Å². The summed E-state index contributed by atoms with van der Waals surface area (Å²) in [5.41, 5.74) is 4.36. The third-order valence-electron chi connectivity index (χ3n) is 4.37. The van der Waals surface area contributed by atoms with Crippen molar-refractivity contribution in [2.45, 2.75) is 45.1 Å². The summed E-state index contributed by atoms with van der Waals surface area (Å²) in [6, 6.07) is 8.69. The molecule has 3 unspecified atom stereocenters. The van der Waals surface area contributed by atoms with Crippen LogP contribution in [-0.4, -0.2) is 13.2 Å². The number of rotatable bonds is 5. The minimum atomic E-state index is 0.385. The van der Waals surface area contributed by atoms with E-state index in [4.69, 9.17) is 10.6 Å². The van der Waals surface area contributed by atoms with Gasteiger partial charge in [0.2, 0.25) is 0 Å². The van der Waals surface area contributed by atoms with Gasteiger partial charge in [-0.25, -0.2) is 0 Å². The SMILES string of the molecule is COc1ccc(CC(NN)C2CCCC(C)C2)cc1. The summed E-state index contributed by atoms with van der Waals surface area (Å²) in [4.78, 5) is 0. The summed E-state index contributed by atoms with van der Waals surface area (Å²) < 4.78 is 5.19. The Balaban J connectivity index is 1.97. The Labute approximate surface area is 116 Å². The molecule has 1 saturated carbocycles. The maximum atomic E-state index is 5.78. The minimum absolute atomic E-state index is 0.385. The second kappa shape index (κ2) is 6.92. The van der Waals surface area contributed by atoms with Crippen molar-refractivity contribution in [3.05, 3.63) is 29.8 Å².